The minimum Gasteiger partial charge on any atom is -0.460 e. The zero-order valence-electron chi connectivity index (χ0n) is 19.2. The van der Waals surface area contributed by atoms with Gasteiger partial charge in [-0.3, -0.25) is 28.8 Å². The molecule has 0 bridgehead atoms. The van der Waals surface area contributed by atoms with Crippen molar-refractivity contribution in [3.63, 3.8) is 0 Å². The van der Waals surface area contributed by atoms with Gasteiger partial charge in [-0.1, -0.05) is 36.4 Å². The van der Waals surface area contributed by atoms with Gasteiger partial charge in [-0.15, -0.1) is 0 Å². The fraction of sp³-hybridized carbons (Fsp3) is 0.154. The second kappa shape index (κ2) is 7.57. The number of aliphatic imine (C=N–C) groups is 1. The summed E-state index contributed by atoms with van der Waals surface area (Å²) in [7, 11) is 2.91. The lowest BCUT2D eigenvalue weighted by Gasteiger charge is -2.28. The van der Waals surface area contributed by atoms with Gasteiger partial charge in [0, 0.05) is 42.9 Å². The summed E-state index contributed by atoms with van der Waals surface area (Å²) in [6, 6.07) is 16.4. The summed E-state index contributed by atoms with van der Waals surface area (Å²) >= 11 is 0. The Morgan fingerprint density at radius 1 is 0.917 bits per heavy atom. The molecule has 6 rings (SSSR count). The van der Waals surface area contributed by atoms with Crippen molar-refractivity contribution in [2.45, 2.75) is 5.92 Å². The van der Waals surface area contributed by atoms with Gasteiger partial charge in [0.2, 0.25) is 0 Å². The number of fused-ring (bicyclic) bond motifs is 4. The Morgan fingerprint density at radius 3 is 2.42 bits per heavy atom. The van der Waals surface area contributed by atoms with Crippen molar-refractivity contribution in [2.75, 3.05) is 0 Å². The highest BCUT2D eigenvalue weighted by molar-refractivity contribution is 6.30. The molecule has 4 aromatic rings. The largest absolute Gasteiger partial charge is 0.460 e. The van der Waals surface area contributed by atoms with E-state index in [1.807, 2.05) is 0 Å². The van der Waals surface area contributed by atoms with E-state index in [9.17, 15) is 24.5 Å². The molecule has 0 fully saturated rings. The maximum absolute atomic E-state index is 13.6. The molecule has 10 nitrogen and oxygen atoms in total. The molecular formula is C26H18N4O6. The van der Waals surface area contributed by atoms with Gasteiger partial charge in [0.15, 0.2) is 5.78 Å². The number of furan rings is 1. The van der Waals surface area contributed by atoms with E-state index in [4.69, 9.17) is 4.42 Å². The van der Waals surface area contributed by atoms with Gasteiger partial charge in [0.1, 0.15) is 17.3 Å². The van der Waals surface area contributed by atoms with Crippen molar-refractivity contribution in [3.8, 4) is 11.3 Å². The Balaban J connectivity index is 1.60. The Labute approximate surface area is 202 Å². The minimum absolute atomic E-state index is 0.0897. The maximum atomic E-state index is 13.6. The summed E-state index contributed by atoms with van der Waals surface area (Å²) in [5.74, 6) is -0.994. The number of carbonyl (C=O) groups excluding carboxylic acids is 1. The molecule has 2 aromatic heterocycles. The topological polar surface area (TPSA) is 130 Å². The van der Waals surface area contributed by atoms with Gasteiger partial charge in [-0.05, 0) is 12.1 Å². The molecule has 0 radical (unpaired) electrons. The normalized spacial score (nSPS) is 17.8. The molecule has 3 heterocycles. The highest BCUT2D eigenvalue weighted by Gasteiger charge is 2.49. The van der Waals surface area contributed by atoms with Crippen LogP contribution in [0.15, 0.2) is 79.7 Å². The first-order valence-electron chi connectivity index (χ1n) is 11.1. The molecule has 2 atom stereocenters. The second-order valence-corrected chi connectivity index (χ2v) is 8.81. The van der Waals surface area contributed by atoms with E-state index in [0.717, 1.165) is 4.57 Å². The molecular weight excluding hydrogens is 464 g/mol. The first-order valence-corrected chi connectivity index (χ1v) is 11.1. The number of rotatable bonds is 3. The van der Waals surface area contributed by atoms with Crippen LogP contribution >= 0.6 is 0 Å². The zero-order chi connectivity index (χ0) is 25.3. The van der Waals surface area contributed by atoms with Gasteiger partial charge in [-0.25, -0.2) is 9.79 Å². The summed E-state index contributed by atoms with van der Waals surface area (Å²) in [5, 5.41) is 11.2. The number of Topliss-reactive ketones (excluding diaryl/α,β-unsaturated/α-hetero) is 1. The number of aromatic nitrogens is 2. The van der Waals surface area contributed by atoms with Crippen molar-refractivity contribution in [3.05, 3.63) is 114 Å². The van der Waals surface area contributed by atoms with E-state index in [1.54, 1.807) is 48.5 Å². The molecule has 0 saturated heterocycles. The van der Waals surface area contributed by atoms with Gasteiger partial charge >= 0.3 is 5.69 Å². The SMILES string of the molecule is Cn1c2c(c(=O)n(C)c1=O)[C@@H](c1ccc(-c3cccc([N+](=O)[O-])c3)o1)[C@H]1C(=O)c3ccccc3C1=N2. The molecule has 0 spiro atoms. The number of nitro benzene ring substituents is 1. The third-order valence-electron chi connectivity index (χ3n) is 6.86. The lowest BCUT2D eigenvalue weighted by molar-refractivity contribution is -0.384. The lowest BCUT2D eigenvalue weighted by Crippen LogP contribution is -2.43. The van der Waals surface area contributed by atoms with Crippen LogP contribution in [0, 0.1) is 16.0 Å². The lowest BCUT2D eigenvalue weighted by atomic mass is 9.79. The van der Waals surface area contributed by atoms with Gasteiger partial charge in [0.05, 0.1) is 28.0 Å². The molecule has 1 aliphatic heterocycles. The first-order chi connectivity index (χ1) is 17.3. The predicted octanol–water partition coefficient (Wildman–Crippen LogP) is 3.33. The molecule has 0 saturated carbocycles. The number of nitrogens with zero attached hydrogens (tertiary/aromatic N) is 4. The Bertz CT molecular complexity index is 1770. The Morgan fingerprint density at radius 2 is 1.67 bits per heavy atom. The summed E-state index contributed by atoms with van der Waals surface area (Å²) in [4.78, 5) is 55.1. The van der Waals surface area contributed by atoms with E-state index in [-0.39, 0.29) is 22.9 Å². The molecule has 0 N–H and O–H groups in total. The fourth-order valence-electron chi connectivity index (χ4n) is 5.12. The molecule has 2 aromatic carbocycles. The van der Waals surface area contributed by atoms with E-state index in [0.29, 0.717) is 33.9 Å². The number of carbonyl (C=O) groups is 1. The van der Waals surface area contributed by atoms with Crippen LogP contribution in [-0.4, -0.2) is 25.6 Å². The van der Waals surface area contributed by atoms with E-state index in [2.05, 4.69) is 4.99 Å². The first kappa shape index (κ1) is 21.7. The van der Waals surface area contributed by atoms with Crippen LogP contribution in [0.5, 0.6) is 0 Å². The van der Waals surface area contributed by atoms with Crippen molar-refractivity contribution in [1.82, 2.24) is 9.13 Å². The average molecular weight is 482 g/mol. The monoisotopic (exact) mass is 482 g/mol. The molecule has 10 heteroatoms. The standard InChI is InChI=1S/C26H18N4O6/c1-28-24-21(25(32)29(2)26(28)33)19(20-22(27-24)15-8-3-4-9-16(15)23(20)31)18-11-10-17(36-18)13-6-5-7-14(12-13)30(34)35/h3-12,19-20H,1-2H3/t19-,20+/m0/s1. The third-order valence-corrected chi connectivity index (χ3v) is 6.86. The summed E-state index contributed by atoms with van der Waals surface area (Å²) in [5.41, 5.74) is 1.11. The highest BCUT2D eigenvalue weighted by atomic mass is 16.6. The Hall–Kier alpha value is -4.86. The van der Waals surface area contributed by atoms with Crippen LogP contribution in [0.2, 0.25) is 0 Å². The molecule has 2 aliphatic rings. The zero-order valence-corrected chi connectivity index (χ0v) is 19.2. The average Bonchev–Trinajstić information content (AvgIpc) is 3.49. The number of benzene rings is 2. The number of nitro groups is 1. The molecule has 178 valence electrons. The molecule has 0 amide bonds. The van der Waals surface area contributed by atoms with Crippen molar-refractivity contribution in [2.24, 2.45) is 25.0 Å². The molecule has 1 aliphatic carbocycles. The van der Waals surface area contributed by atoms with Crippen molar-refractivity contribution in [1.29, 1.82) is 0 Å². The smallest absolute Gasteiger partial charge is 0.332 e. The maximum Gasteiger partial charge on any atom is 0.332 e. The van der Waals surface area contributed by atoms with Crippen molar-refractivity contribution < 1.29 is 14.1 Å². The van der Waals surface area contributed by atoms with Gasteiger partial charge in [-0.2, -0.15) is 0 Å². The minimum atomic E-state index is -0.842. The fourth-order valence-corrected chi connectivity index (χ4v) is 5.12. The summed E-state index contributed by atoms with van der Waals surface area (Å²) < 4.78 is 8.44. The second-order valence-electron chi connectivity index (χ2n) is 8.81. The number of non-ortho nitro benzene ring substituents is 1. The predicted molar refractivity (Wildman–Crippen MR) is 130 cm³/mol. The van der Waals surface area contributed by atoms with Gasteiger partial charge < -0.3 is 4.42 Å². The quantitative estimate of drug-likeness (QED) is 0.325. The van der Waals surface area contributed by atoms with Crippen LogP contribution in [0.3, 0.4) is 0 Å². The summed E-state index contributed by atoms with van der Waals surface area (Å²) in [6.07, 6.45) is 0. The Kier molecular flexibility index (Phi) is 4.56. The van der Waals surface area contributed by atoms with E-state index < -0.39 is 28.0 Å². The number of hydrogen-bond donors (Lipinski definition) is 0. The van der Waals surface area contributed by atoms with Crippen LogP contribution < -0.4 is 11.2 Å². The highest BCUT2D eigenvalue weighted by Crippen LogP contribution is 2.47. The van der Waals surface area contributed by atoms with E-state index in [1.165, 1.54) is 30.8 Å². The number of ketones is 1. The van der Waals surface area contributed by atoms with Crippen LogP contribution in [0.4, 0.5) is 11.5 Å². The van der Waals surface area contributed by atoms with Crippen LogP contribution in [0.25, 0.3) is 11.3 Å². The van der Waals surface area contributed by atoms with Crippen LogP contribution in [0.1, 0.15) is 33.2 Å². The van der Waals surface area contributed by atoms with Crippen molar-refractivity contribution >= 4 is 23.0 Å². The van der Waals surface area contributed by atoms with E-state index >= 15 is 0 Å². The molecule has 0 unspecified atom stereocenters. The number of hydrogen-bond acceptors (Lipinski definition) is 7. The van der Waals surface area contributed by atoms with Gasteiger partial charge in [0.25, 0.3) is 11.2 Å². The third kappa shape index (κ3) is 2.90. The van der Waals surface area contributed by atoms with Crippen LogP contribution in [-0.2, 0) is 14.1 Å². The molecule has 36 heavy (non-hydrogen) atoms. The summed E-state index contributed by atoms with van der Waals surface area (Å²) in [6.45, 7) is 0.